The highest BCUT2D eigenvalue weighted by atomic mass is 15.3. The van der Waals surface area contributed by atoms with E-state index >= 15 is 0 Å². The third-order valence-corrected chi connectivity index (χ3v) is 2.41. The molecular weight excluding hydrogens is 148 g/mol. The Kier molecular flexibility index (Phi) is 3.76. The molecule has 0 bridgehead atoms. The summed E-state index contributed by atoms with van der Waals surface area (Å²) in [5, 5.41) is 0. The first-order chi connectivity index (χ1) is 5.72. The van der Waals surface area contributed by atoms with E-state index in [0.29, 0.717) is 0 Å². The Morgan fingerprint density at radius 1 is 1.17 bits per heavy atom. The van der Waals surface area contributed by atoms with Crippen molar-refractivity contribution in [2.75, 3.05) is 39.3 Å². The Balaban J connectivity index is 2.21. The zero-order valence-corrected chi connectivity index (χ0v) is 8.34. The average Bonchev–Trinajstić information content (AvgIpc) is 2.05. The standard InChI is InChI=1S/C10H20N2/c1-4-11-5-7-12(8-6-11)9-10(2)3/h2,4-9H2,1,3H3. The van der Waals surface area contributed by atoms with E-state index in [1.807, 2.05) is 0 Å². The molecule has 0 aromatic carbocycles. The van der Waals surface area contributed by atoms with Crippen molar-refractivity contribution < 1.29 is 0 Å². The van der Waals surface area contributed by atoms with Crippen molar-refractivity contribution in [1.82, 2.24) is 9.80 Å². The van der Waals surface area contributed by atoms with Gasteiger partial charge in [-0.3, -0.25) is 4.90 Å². The second-order valence-electron chi connectivity index (χ2n) is 3.67. The van der Waals surface area contributed by atoms with E-state index in [4.69, 9.17) is 0 Å². The normalized spacial score (nSPS) is 21.2. The maximum absolute atomic E-state index is 3.93. The minimum Gasteiger partial charge on any atom is -0.301 e. The molecule has 0 unspecified atom stereocenters. The molecule has 0 amide bonds. The van der Waals surface area contributed by atoms with Gasteiger partial charge < -0.3 is 4.90 Å². The molecule has 0 atom stereocenters. The third kappa shape index (κ3) is 2.95. The molecule has 70 valence electrons. The molecule has 0 radical (unpaired) electrons. The highest BCUT2D eigenvalue weighted by Crippen LogP contribution is 2.02. The first-order valence-corrected chi connectivity index (χ1v) is 4.81. The molecule has 0 aromatic rings. The first-order valence-electron chi connectivity index (χ1n) is 4.81. The third-order valence-electron chi connectivity index (χ3n) is 2.41. The highest BCUT2D eigenvalue weighted by Gasteiger charge is 2.14. The quantitative estimate of drug-likeness (QED) is 0.584. The predicted octanol–water partition coefficient (Wildman–Crippen LogP) is 1.20. The van der Waals surface area contributed by atoms with Gasteiger partial charge >= 0.3 is 0 Å². The predicted molar refractivity (Wildman–Crippen MR) is 53.4 cm³/mol. The molecule has 0 aromatic heterocycles. The number of hydrogen-bond donors (Lipinski definition) is 0. The van der Waals surface area contributed by atoms with E-state index in [0.717, 1.165) is 6.54 Å². The van der Waals surface area contributed by atoms with Crippen LogP contribution < -0.4 is 0 Å². The van der Waals surface area contributed by atoms with Gasteiger partial charge in [0.1, 0.15) is 0 Å². The van der Waals surface area contributed by atoms with Crippen LogP contribution in [0.3, 0.4) is 0 Å². The number of hydrogen-bond acceptors (Lipinski definition) is 2. The van der Waals surface area contributed by atoms with Crippen LogP contribution in [-0.2, 0) is 0 Å². The van der Waals surface area contributed by atoms with Crippen molar-refractivity contribution >= 4 is 0 Å². The van der Waals surface area contributed by atoms with Crippen molar-refractivity contribution in [3.8, 4) is 0 Å². The molecule has 0 aliphatic carbocycles. The largest absolute Gasteiger partial charge is 0.301 e. The SMILES string of the molecule is C=C(C)CN1CCN(CC)CC1. The molecule has 1 rings (SSSR count). The minimum atomic E-state index is 1.08. The van der Waals surface area contributed by atoms with Crippen LogP contribution in [0.2, 0.25) is 0 Å². The molecule has 1 fully saturated rings. The fourth-order valence-corrected chi connectivity index (χ4v) is 1.65. The Hall–Kier alpha value is -0.340. The van der Waals surface area contributed by atoms with Crippen LogP contribution in [0.15, 0.2) is 12.2 Å². The summed E-state index contributed by atoms with van der Waals surface area (Å²) in [6, 6.07) is 0. The van der Waals surface area contributed by atoms with Gasteiger partial charge in [-0.25, -0.2) is 0 Å². The first kappa shape index (κ1) is 9.75. The van der Waals surface area contributed by atoms with Crippen molar-refractivity contribution in [3.05, 3.63) is 12.2 Å². The number of likely N-dealkylation sites (N-methyl/N-ethyl adjacent to an activating group) is 1. The van der Waals surface area contributed by atoms with E-state index in [1.165, 1.54) is 38.3 Å². The lowest BCUT2D eigenvalue weighted by atomic mass is 10.2. The van der Waals surface area contributed by atoms with Crippen molar-refractivity contribution in [2.24, 2.45) is 0 Å². The van der Waals surface area contributed by atoms with Gasteiger partial charge in [0.05, 0.1) is 0 Å². The summed E-state index contributed by atoms with van der Waals surface area (Å²) in [6.45, 7) is 15.4. The number of nitrogens with zero attached hydrogens (tertiary/aromatic N) is 2. The summed E-state index contributed by atoms with van der Waals surface area (Å²) >= 11 is 0. The zero-order chi connectivity index (χ0) is 8.97. The Morgan fingerprint density at radius 3 is 2.08 bits per heavy atom. The van der Waals surface area contributed by atoms with E-state index < -0.39 is 0 Å². The van der Waals surface area contributed by atoms with E-state index in [1.54, 1.807) is 0 Å². The number of rotatable bonds is 3. The summed E-state index contributed by atoms with van der Waals surface area (Å²) in [5.41, 5.74) is 1.28. The van der Waals surface area contributed by atoms with E-state index in [-0.39, 0.29) is 0 Å². The number of piperazine rings is 1. The maximum Gasteiger partial charge on any atom is 0.0188 e. The summed E-state index contributed by atoms with van der Waals surface area (Å²) in [7, 11) is 0. The zero-order valence-electron chi connectivity index (χ0n) is 8.34. The molecule has 12 heavy (non-hydrogen) atoms. The molecule has 1 aliphatic heterocycles. The van der Waals surface area contributed by atoms with Gasteiger partial charge in [-0.2, -0.15) is 0 Å². The molecule has 1 saturated heterocycles. The fourth-order valence-electron chi connectivity index (χ4n) is 1.65. The van der Waals surface area contributed by atoms with E-state index in [2.05, 4.69) is 30.2 Å². The van der Waals surface area contributed by atoms with Gasteiger partial charge in [-0.05, 0) is 13.5 Å². The van der Waals surface area contributed by atoms with Gasteiger partial charge in [0.15, 0.2) is 0 Å². The Morgan fingerprint density at radius 2 is 1.67 bits per heavy atom. The maximum atomic E-state index is 3.93. The van der Waals surface area contributed by atoms with Crippen LogP contribution in [0.25, 0.3) is 0 Å². The van der Waals surface area contributed by atoms with Crippen LogP contribution in [0.1, 0.15) is 13.8 Å². The van der Waals surface area contributed by atoms with Gasteiger partial charge in [0.25, 0.3) is 0 Å². The lowest BCUT2D eigenvalue weighted by molar-refractivity contribution is 0.146. The lowest BCUT2D eigenvalue weighted by Gasteiger charge is -2.34. The molecule has 0 saturated carbocycles. The second kappa shape index (κ2) is 4.63. The van der Waals surface area contributed by atoms with Crippen molar-refractivity contribution in [1.29, 1.82) is 0 Å². The summed E-state index contributed by atoms with van der Waals surface area (Å²) in [4.78, 5) is 4.98. The van der Waals surface area contributed by atoms with Gasteiger partial charge in [-0.1, -0.05) is 19.1 Å². The van der Waals surface area contributed by atoms with Crippen LogP contribution in [0, 0.1) is 0 Å². The van der Waals surface area contributed by atoms with Gasteiger partial charge in [0, 0.05) is 32.7 Å². The smallest absolute Gasteiger partial charge is 0.0188 e. The fraction of sp³-hybridized carbons (Fsp3) is 0.800. The molecule has 2 nitrogen and oxygen atoms in total. The average molecular weight is 168 g/mol. The summed E-state index contributed by atoms with van der Waals surface area (Å²) < 4.78 is 0. The molecule has 0 spiro atoms. The lowest BCUT2D eigenvalue weighted by Crippen LogP contribution is -2.46. The molecule has 1 aliphatic rings. The molecule has 1 heterocycles. The van der Waals surface area contributed by atoms with Crippen molar-refractivity contribution in [3.63, 3.8) is 0 Å². The Bertz CT molecular complexity index is 146. The van der Waals surface area contributed by atoms with Gasteiger partial charge in [0.2, 0.25) is 0 Å². The summed E-state index contributed by atoms with van der Waals surface area (Å²) in [6.07, 6.45) is 0. The van der Waals surface area contributed by atoms with Crippen LogP contribution in [-0.4, -0.2) is 49.1 Å². The van der Waals surface area contributed by atoms with Crippen LogP contribution in [0.4, 0.5) is 0 Å². The molecular formula is C10H20N2. The molecule has 0 N–H and O–H groups in total. The monoisotopic (exact) mass is 168 g/mol. The second-order valence-corrected chi connectivity index (χ2v) is 3.67. The highest BCUT2D eigenvalue weighted by molar-refractivity contribution is 4.92. The Labute approximate surface area is 75.8 Å². The minimum absolute atomic E-state index is 1.08. The van der Waals surface area contributed by atoms with Crippen molar-refractivity contribution in [2.45, 2.75) is 13.8 Å². The summed E-state index contributed by atoms with van der Waals surface area (Å²) in [5.74, 6) is 0. The van der Waals surface area contributed by atoms with Crippen LogP contribution in [0.5, 0.6) is 0 Å². The van der Waals surface area contributed by atoms with Gasteiger partial charge in [-0.15, -0.1) is 0 Å². The molecule has 2 heteroatoms. The van der Waals surface area contributed by atoms with Crippen LogP contribution >= 0.6 is 0 Å². The van der Waals surface area contributed by atoms with E-state index in [9.17, 15) is 0 Å². The topological polar surface area (TPSA) is 6.48 Å².